The highest BCUT2D eigenvalue weighted by molar-refractivity contribution is 7.26. The SMILES string of the molecule is C=CC=C.C=CC=NC.c1cncc(-c2cc(-c3ccc(-n4c5cccnc5c5ccc6sc7ccccc7c6c54)cc3)nc(-c3cccnc3)c2)c1. The molecule has 0 aliphatic heterocycles. The van der Waals surface area contributed by atoms with Crippen LogP contribution in [0.4, 0.5) is 0 Å². The van der Waals surface area contributed by atoms with Gasteiger partial charge in [0.15, 0.2) is 0 Å². The number of aliphatic imine (C=N–C) groups is 1. The van der Waals surface area contributed by atoms with Crippen LogP contribution in [-0.4, -0.2) is 37.8 Å². The van der Waals surface area contributed by atoms with Crippen molar-refractivity contribution < 1.29 is 0 Å². The molecule has 0 bridgehead atoms. The Hall–Kier alpha value is -6.83. The fourth-order valence-corrected chi connectivity index (χ4v) is 7.43. The van der Waals surface area contributed by atoms with Gasteiger partial charge in [-0.3, -0.25) is 19.9 Å². The van der Waals surface area contributed by atoms with Crippen LogP contribution < -0.4 is 0 Å². The smallest absolute Gasteiger partial charge is 0.0963 e. The van der Waals surface area contributed by atoms with Crippen molar-refractivity contribution in [3.05, 3.63) is 178 Å². The van der Waals surface area contributed by atoms with Crippen molar-refractivity contribution in [1.82, 2.24) is 24.5 Å². The number of nitrogens with zero attached hydrogens (tertiary/aromatic N) is 6. The van der Waals surface area contributed by atoms with Gasteiger partial charge in [0, 0.05) is 92.2 Å². The molecule has 0 aliphatic rings. The Morgan fingerprint density at radius 1 is 0.623 bits per heavy atom. The molecule has 0 spiro atoms. The van der Waals surface area contributed by atoms with Crippen LogP contribution in [-0.2, 0) is 0 Å². The quantitative estimate of drug-likeness (QED) is 0.128. The summed E-state index contributed by atoms with van der Waals surface area (Å²) in [6.45, 7) is 10.1. The van der Waals surface area contributed by atoms with Gasteiger partial charge in [-0.25, -0.2) is 4.98 Å². The molecule has 3 aromatic carbocycles. The molecule has 0 aliphatic carbocycles. The van der Waals surface area contributed by atoms with E-state index in [-0.39, 0.29) is 0 Å². The van der Waals surface area contributed by atoms with Crippen LogP contribution in [0, 0.1) is 0 Å². The van der Waals surface area contributed by atoms with Gasteiger partial charge in [0.1, 0.15) is 0 Å². The van der Waals surface area contributed by atoms with Crippen LogP contribution in [0.3, 0.4) is 0 Å². The minimum atomic E-state index is 0.874. The third kappa shape index (κ3) is 7.06. The molecule has 0 fully saturated rings. The van der Waals surface area contributed by atoms with Crippen molar-refractivity contribution in [2.24, 2.45) is 4.99 Å². The summed E-state index contributed by atoms with van der Waals surface area (Å²) in [7, 11) is 1.71. The van der Waals surface area contributed by atoms with Gasteiger partial charge < -0.3 is 4.57 Å². The molecule has 9 aromatic rings. The molecule has 0 unspecified atom stereocenters. The number of thiophene rings is 1. The molecule has 6 aromatic heterocycles. The maximum atomic E-state index is 5.08. The maximum Gasteiger partial charge on any atom is 0.0963 e. The highest BCUT2D eigenvalue weighted by atomic mass is 32.1. The summed E-state index contributed by atoms with van der Waals surface area (Å²) in [5.41, 5.74) is 10.3. The summed E-state index contributed by atoms with van der Waals surface area (Å²) in [4.78, 5) is 22.2. The number of fused-ring (bicyclic) bond motifs is 7. The van der Waals surface area contributed by atoms with Crippen molar-refractivity contribution in [2.45, 2.75) is 0 Å². The largest absolute Gasteiger partial charge is 0.307 e. The Balaban J connectivity index is 0.000000437. The molecule has 0 saturated carbocycles. The van der Waals surface area contributed by atoms with Gasteiger partial charge in [0.05, 0.1) is 27.9 Å². The first kappa shape index (κ1) is 34.6. The molecule has 9 rings (SSSR count). The van der Waals surface area contributed by atoms with E-state index in [1.165, 1.54) is 25.7 Å². The van der Waals surface area contributed by atoms with Crippen molar-refractivity contribution in [3.8, 4) is 39.3 Å². The molecular weight excluding hydrogens is 669 g/mol. The molecule has 6 nitrogen and oxygen atoms in total. The Labute approximate surface area is 312 Å². The van der Waals surface area contributed by atoms with Crippen molar-refractivity contribution >= 4 is 59.7 Å². The van der Waals surface area contributed by atoms with Crippen LogP contribution in [0.15, 0.2) is 183 Å². The summed E-state index contributed by atoms with van der Waals surface area (Å²) in [5.74, 6) is 0. The zero-order valence-electron chi connectivity index (χ0n) is 29.3. The van der Waals surface area contributed by atoms with E-state index in [0.29, 0.717) is 0 Å². The molecule has 0 saturated heterocycles. The third-order valence-electron chi connectivity index (χ3n) is 8.64. The van der Waals surface area contributed by atoms with Crippen molar-refractivity contribution in [2.75, 3.05) is 7.05 Å². The lowest BCUT2D eigenvalue weighted by Crippen LogP contribution is -1.95. The summed E-state index contributed by atoms with van der Waals surface area (Å²) in [6, 6.07) is 38.3. The fourth-order valence-electron chi connectivity index (χ4n) is 6.32. The summed E-state index contributed by atoms with van der Waals surface area (Å²) >= 11 is 1.84. The summed E-state index contributed by atoms with van der Waals surface area (Å²) in [5, 5.41) is 3.71. The zero-order chi connectivity index (χ0) is 36.6. The Morgan fingerprint density at radius 3 is 1.98 bits per heavy atom. The monoisotopic (exact) mass is 704 g/mol. The second-order valence-corrected chi connectivity index (χ2v) is 13.0. The number of allylic oxidation sites excluding steroid dienone is 3. The Bertz CT molecular complexity index is 2660. The molecule has 256 valence electrons. The molecular formula is C46H36N6S. The number of pyridine rings is 4. The molecule has 53 heavy (non-hydrogen) atoms. The van der Waals surface area contributed by atoms with E-state index in [1.807, 2.05) is 54.2 Å². The van der Waals surface area contributed by atoms with Crippen LogP contribution in [0.2, 0.25) is 0 Å². The topological polar surface area (TPSA) is 68.8 Å². The van der Waals surface area contributed by atoms with Gasteiger partial charge in [0.25, 0.3) is 0 Å². The van der Waals surface area contributed by atoms with Gasteiger partial charge in [0.2, 0.25) is 0 Å². The lowest BCUT2D eigenvalue weighted by atomic mass is 10.0. The number of benzene rings is 3. The first-order valence-electron chi connectivity index (χ1n) is 17.0. The number of rotatable bonds is 6. The Morgan fingerprint density at radius 2 is 1.32 bits per heavy atom. The number of hydrogen-bond acceptors (Lipinski definition) is 6. The average molecular weight is 705 g/mol. The minimum Gasteiger partial charge on any atom is -0.307 e. The van der Waals surface area contributed by atoms with Crippen molar-refractivity contribution in [3.63, 3.8) is 0 Å². The highest BCUT2D eigenvalue weighted by Gasteiger charge is 2.19. The van der Waals surface area contributed by atoms with E-state index in [0.717, 1.165) is 55.7 Å². The first-order valence-corrected chi connectivity index (χ1v) is 17.9. The predicted molar refractivity (Wildman–Crippen MR) is 226 cm³/mol. The van der Waals surface area contributed by atoms with E-state index in [1.54, 1.807) is 43.9 Å². The van der Waals surface area contributed by atoms with Crippen LogP contribution in [0.5, 0.6) is 0 Å². The van der Waals surface area contributed by atoms with Gasteiger partial charge in [-0.05, 0) is 78.4 Å². The highest BCUT2D eigenvalue weighted by Crippen LogP contribution is 2.42. The van der Waals surface area contributed by atoms with Gasteiger partial charge in [-0.2, -0.15) is 0 Å². The lowest BCUT2D eigenvalue weighted by Gasteiger charge is -2.12. The standard InChI is InChI=1S/C38H23N5S.C4H7N.C4H6/c1-2-10-34-29(8-1)36-35(44-34)16-15-30-37-33(9-5-19-41-37)43(38(30)36)28-13-11-24(12-14-28)31-20-27(25-6-3-17-39-22-25)21-32(42-31)26-7-4-18-40-23-26;1-3-4-5-2;1-3-4-2/h1-23H;3-4H,1H2,2H3;3-4H,1-2H2. The summed E-state index contributed by atoms with van der Waals surface area (Å²) in [6.07, 6.45) is 15.8. The van der Waals surface area contributed by atoms with E-state index in [2.05, 4.69) is 124 Å². The molecule has 6 heterocycles. The molecule has 0 radical (unpaired) electrons. The molecule has 7 heteroatoms. The summed E-state index contributed by atoms with van der Waals surface area (Å²) < 4.78 is 4.93. The molecule has 0 N–H and O–H groups in total. The Kier molecular flexibility index (Phi) is 10.5. The number of aromatic nitrogens is 5. The fraction of sp³-hybridized carbons (Fsp3) is 0.0217. The normalized spacial score (nSPS) is 10.9. The molecule has 0 amide bonds. The molecule has 0 atom stereocenters. The first-order chi connectivity index (χ1) is 26.1. The maximum absolute atomic E-state index is 5.08. The average Bonchev–Trinajstić information content (AvgIpc) is 3.78. The number of hydrogen-bond donors (Lipinski definition) is 0. The second kappa shape index (κ2) is 16.0. The van der Waals surface area contributed by atoms with E-state index in [9.17, 15) is 0 Å². The minimum absolute atomic E-state index is 0.874. The third-order valence-corrected chi connectivity index (χ3v) is 9.78. The van der Waals surface area contributed by atoms with Crippen molar-refractivity contribution in [1.29, 1.82) is 0 Å². The van der Waals surface area contributed by atoms with E-state index >= 15 is 0 Å². The van der Waals surface area contributed by atoms with Gasteiger partial charge in [-0.1, -0.05) is 74.4 Å². The van der Waals surface area contributed by atoms with Gasteiger partial charge >= 0.3 is 0 Å². The predicted octanol–water partition coefficient (Wildman–Crippen LogP) is 12.0. The van der Waals surface area contributed by atoms with Gasteiger partial charge in [-0.15, -0.1) is 11.3 Å². The zero-order valence-corrected chi connectivity index (χ0v) is 30.1. The lowest BCUT2D eigenvalue weighted by molar-refractivity contribution is 1.18. The van der Waals surface area contributed by atoms with Crippen LogP contribution >= 0.6 is 11.3 Å². The van der Waals surface area contributed by atoms with E-state index in [4.69, 9.17) is 9.97 Å². The second-order valence-electron chi connectivity index (χ2n) is 11.9. The van der Waals surface area contributed by atoms with Crippen LogP contribution in [0.1, 0.15) is 0 Å². The van der Waals surface area contributed by atoms with E-state index < -0.39 is 0 Å². The van der Waals surface area contributed by atoms with Crippen LogP contribution in [0.25, 0.3) is 81.4 Å².